The quantitative estimate of drug-likeness (QED) is 0.749. The second-order valence-electron chi connectivity index (χ2n) is 4.22. The molecule has 1 unspecified atom stereocenters. The van der Waals surface area contributed by atoms with Crippen LogP contribution in [0.1, 0.15) is 25.8 Å². The minimum Gasteiger partial charge on any atom is -0.497 e. The van der Waals surface area contributed by atoms with Gasteiger partial charge in [-0.15, -0.1) is 0 Å². The summed E-state index contributed by atoms with van der Waals surface area (Å²) in [5.74, 6) is 0.0135. The molecule has 1 rings (SSSR count). The van der Waals surface area contributed by atoms with Gasteiger partial charge < -0.3 is 15.2 Å². The third kappa shape index (κ3) is 3.68. The van der Waals surface area contributed by atoms with E-state index in [1.165, 1.54) is 13.2 Å². The zero-order valence-corrected chi connectivity index (χ0v) is 10.6. The number of rotatable bonds is 6. The first-order valence-corrected chi connectivity index (χ1v) is 5.78. The molecule has 1 aromatic rings. The Kier molecular flexibility index (Phi) is 4.90. The predicted octanol–water partition coefficient (Wildman–Crippen LogP) is 2.04. The van der Waals surface area contributed by atoms with Crippen molar-refractivity contribution in [3.05, 3.63) is 29.6 Å². The van der Waals surface area contributed by atoms with Crippen LogP contribution >= 0.6 is 0 Å². The number of benzene rings is 1. The van der Waals surface area contributed by atoms with Crippen molar-refractivity contribution in [3.8, 4) is 5.75 Å². The van der Waals surface area contributed by atoms with Crippen molar-refractivity contribution in [3.63, 3.8) is 0 Å². The molecule has 0 amide bonds. The van der Waals surface area contributed by atoms with E-state index in [0.29, 0.717) is 24.3 Å². The number of aliphatic hydroxyl groups is 1. The lowest BCUT2D eigenvalue weighted by Gasteiger charge is -2.24. The molecule has 0 aliphatic rings. The topological polar surface area (TPSA) is 41.5 Å². The van der Waals surface area contributed by atoms with E-state index in [-0.39, 0.29) is 0 Å². The van der Waals surface area contributed by atoms with Crippen molar-refractivity contribution in [2.75, 3.05) is 20.2 Å². The molecule has 0 aromatic heterocycles. The zero-order valence-electron chi connectivity index (χ0n) is 10.6. The lowest BCUT2D eigenvalue weighted by atomic mass is 9.92. The Morgan fingerprint density at radius 3 is 2.71 bits per heavy atom. The number of hydrogen-bond acceptors (Lipinski definition) is 3. The normalized spacial score (nSPS) is 14.4. The highest BCUT2D eigenvalue weighted by Crippen LogP contribution is 2.28. The van der Waals surface area contributed by atoms with E-state index in [1.807, 2.05) is 6.92 Å². The number of halogens is 1. The fourth-order valence-electron chi connectivity index (χ4n) is 1.70. The van der Waals surface area contributed by atoms with Gasteiger partial charge in [0.05, 0.1) is 12.7 Å². The minimum absolute atomic E-state index is 0.302. The molecule has 0 bridgehead atoms. The van der Waals surface area contributed by atoms with Crippen molar-refractivity contribution < 1.29 is 14.2 Å². The van der Waals surface area contributed by atoms with Gasteiger partial charge in [-0.2, -0.15) is 0 Å². The van der Waals surface area contributed by atoms with Gasteiger partial charge >= 0.3 is 0 Å². The average Bonchev–Trinajstić information content (AvgIpc) is 2.28. The fraction of sp³-hybridized carbons (Fsp3) is 0.538. The second-order valence-corrected chi connectivity index (χ2v) is 4.22. The van der Waals surface area contributed by atoms with Crippen LogP contribution in [0.25, 0.3) is 0 Å². The monoisotopic (exact) mass is 241 g/mol. The van der Waals surface area contributed by atoms with E-state index in [4.69, 9.17) is 4.74 Å². The highest BCUT2D eigenvalue weighted by atomic mass is 19.1. The molecule has 17 heavy (non-hydrogen) atoms. The summed E-state index contributed by atoms with van der Waals surface area (Å²) in [6.45, 7) is 5.09. The summed E-state index contributed by atoms with van der Waals surface area (Å²) in [7, 11) is 1.48. The van der Waals surface area contributed by atoms with Crippen molar-refractivity contribution >= 4 is 0 Å². The summed E-state index contributed by atoms with van der Waals surface area (Å²) in [5, 5.41) is 13.3. The molecule has 0 aliphatic carbocycles. The molecule has 1 aromatic carbocycles. The second kappa shape index (κ2) is 5.98. The van der Waals surface area contributed by atoms with Crippen LogP contribution in [-0.2, 0) is 5.60 Å². The van der Waals surface area contributed by atoms with Crippen LogP contribution in [0.5, 0.6) is 5.75 Å². The van der Waals surface area contributed by atoms with Gasteiger partial charge in [0, 0.05) is 11.6 Å². The van der Waals surface area contributed by atoms with Crippen molar-refractivity contribution in [1.82, 2.24) is 5.32 Å². The lowest BCUT2D eigenvalue weighted by Crippen LogP contribution is -2.28. The van der Waals surface area contributed by atoms with Crippen molar-refractivity contribution in [2.24, 2.45) is 0 Å². The van der Waals surface area contributed by atoms with Gasteiger partial charge in [0.2, 0.25) is 0 Å². The van der Waals surface area contributed by atoms with Crippen molar-refractivity contribution in [2.45, 2.75) is 25.9 Å². The Labute approximate surface area is 102 Å². The van der Waals surface area contributed by atoms with E-state index in [0.717, 1.165) is 6.54 Å². The number of hydrogen-bond donors (Lipinski definition) is 2. The van der Waals surface area contributed by atoms with Gasteiger partial charge in [-0.05, 0) is 38.6 Å². The van der Waals surface area contributed by atoms with E-state index in [1.54, 1.807) is 19.1 Å². The molecule has 0 aliphatic heterocycles. The van der Waals surface area contributed by atoms with Gasteiger partial charge in [-0.1, -0.05) is 6.92 Å². The number of methoxy groups -OCH3 is 1. The Balaban J connectivity index is 2.82. The summed E-state index contributed by atoms with van der Waals surface area (Å²) in [6.07, 6.45) is 0.462. The molecule has 0 saturated heterocycles. The number of nitrogens with one attached hydrogen (secondary N) is 1. The van der Waals surface area contributed by atoms with E-state index in [9.17, 15) is 9.50 Å². The molecular formula is C13H20FNO2. The van der Waals surface area contributed by atoms with E-state index >= 15 is 0 Å². The van der Waals surface area contributed by atoms with Gasteiger partial charge in [0.25, 0.3) is 0 Å². The van der Waals surface area contributed by atoms with Crippen LogP contribution in [0, 0.1) is 5.82 Å². The van der Waals surface area contributed by atoms with Crippen molar-refractivity contribution in [1.29, 1.82) is 0 Å². The van der Waals surface area contributed by atoms with Gasteiger partial charge in [-0.3, -0.25) is 0 Å². The van der Waals surface area contributed by atoms with Gasteiger partial charge in [0.1, 0.15) is 11.6 Å². The molecular weight excluding hydrogens is 221 g/mol. The largest absolute Gasteiger partial charge is 0.497 e. The maximum Gasteiger partial charge on any atom is 0.132 e. The molecule has 96 valence electrons. The molecule has 3 nitrogen and oxygen atoms in total. The molecule has 1 atom stereocenters. The SMILES string of the molecule is CCNCCC(C)(O)c1ccc(OC)cc1F. The first kappa shape index (κ1) is 13.9. The summed E-state index contributed by atoms with van der Waals surface area (Å²) < 4.78 is 18.7. The van der Waals surface area contributed by atoms with E-state index < -0.39 is 11.4 Å². The maximum absolute atomic E-state index is 13.8. The summed E-state index contributed by atoms with van der Waals surface area (Å²) in [6, 6.07) is 4.51. The number of ether oxygens (including phenoxy) is 1. The highest BCUT2D eigenvalue weighted by Gasteiger charge is 2.26. The predicted molar refractivity (Wildman–Crippen MR) is 65.7 cm³/mol. The minimum atomic E-state index is -1.17. The zero-order chi connectivity index (χ0) is 12.9. The fourth-order valence-corrected chi connectivity index (χ4v) is 1.70. The average molecular weight is 241 g/mol. The van der Waals surface area contributed by atoms with Crippen LogP contribution < -0.4 is 10.1 Å². The first-order valence-electron chi connectivity index (χ1n) is 5.78. The molecule has 0 heterocycles. The molecule has 2 N–H and O–H groups in total. The van der Waals surface area contributed by atoms with Crippen LogP contribution in [0.4, 0.5) is 4.39 Å². The van der Waals surface area contributed by atoms with E-state index in [2.05, 4.69) is 5.32 Å². The summed E-state index contributed by atoms with van der Waals surface area (Å²) >= 11 is 0. The molecule has 0 radical (unpaired) electrons. The third-order valence-electron chi connectivity index (χ3n) is 2.80. The van der Waals surface area contributed by atoms with Crippen LogP contribution in [0.15, 0.2) is 18.2 Å². The van der Waals surface area contributed by atoms with Crippen LogP contribution in [-0.4, -0.2) is 25.3 Å². The Bertz CT molecular complexity index is 366. The molecule has 0 spiro atoms. The van der Waals surface area contributed by atoms with Crippen LogP contribution in [0.2, 0.25) is 0 Å². The van der Waals surface area contributed by atoms with Crippen LogP contribution in [0.3, 0.4) is 0 Å². The van der Waals surface area contributed by atoms with Gasteiger partial charge in [0.15, 0.2) is 0 Å². The standard InChI is InChI=1S/C13H20FNO2/c1-4-15-8-7-13(2,16)11-6-5-10(17-3)9-12(11)14/h5-6,9,15-16H,4,7-8H2,1-3H3. The maximum atomic E-state index is 13.8. The molecule has 0 fully saturated rings. The summed E-state index contributed by atoms with van der Waals surface area (Å²) in [5.41, 5.74) is -0.866. The molecule has 4 heteroatoms. The molecule has 0 saturated carbocycles. The Morgan fingerprint density at radius 2 is 2.18 bits per heavy atom. The Morgan fingerprint density at radius 1 is 1.47 bits per heavy atom. The highest BCUT2D eigenvalue weighted by molar-refractivity contribution is 5.32. The first-order chi connectivity index (χ1) is 8.01. The summed E-state index contributed by atoms with van der Waals surface area (Å²) in [4.78, 5) is 0. The lowest BCUT2D eigenvalue weighted by molar-refractivity contribution is 0.0444. The third-order valence-corrected chi connectivity index (χ3v) is 2.80. The Hall–Kier alpha value is -1.13. The smallest absolute Gasteiger partial charge is 0.132 e. The van der Waals surface area contributed by atoms with Gasteiger partial charge in [-0.25, -0.2) is 4.39 Å².